The summed E-state index contributed by atoms with van der Waals surface area (Å²) in [6.45, 7) is 0. The number of benzene rings is 2. The number of aryl methyl sites for hydroxylation is 2. The third kappa shape index (κ3) is 4.48. The summed E-state index contributed by atoms with van der Waals surface area (Å²) >= 11 is 0. The van der Waals surface area contributed by atoms with Crippen molar-refractivity contribution in [3.8, 4) is 0 Å². The lowest BCUT2D eigenvalue weighted by atomic mass is 9.90. The molecule has 0 radical (unpaired) electrons. The van der Waals surface area contributed by atoms with Crippen LogP contribution in [0.4, 0.5) is 42.0 Å². The molecule has 5 rings (SSSR count). The number of halogens is 3. The molecule has 2 aromatic carbocycles. The first kappa shape index (κ1) is 21.2. The molecule has 170 valence electrons. The van der Waals surface area contributed by atoms with Crippen molar-refractivity contribution in [2.45, 2.75) is 44.7 Å². The van der Waals surface area contributed by atoms with Gasteiger partial charge in [-0.05, 0) is 73.1 Å². The molecular weight excluding hydrogens is 431 g/mol. The maximum atomic E-state index is 13.7. The Balaban J connectivity index is 1.47. The zero-order valence-electron chi connectivity index (χ0n) is 17.7. The summed E-state index contributed by atoms with van der Waals surface area (Å²) in [4.78, 5) is 19.7. The molecule has 0 bridgehead atoms. The quantitative estimate of drug-likeness (QED) is 0.469. The molecule has 1 aliphatic heterocycles. The van der Waals surface area contributed by atoms with Crippen LogP contribution in [0.25, 0.3) is 0 Å². The Morgan fingerprint density at radius 3 is 2.64 bits per heavy atom. The number of alkyl halides is 3. The zero-order chi connectivity index (χ0) is 23.0. The minimum Gasteiger partial charge on any atom is -0.340 e. The van der Waals surface area contributed by atoms with E-state index in [-0.39, 0.29) is 17.7 Å². The summed E-state index contributed by atoms with van der Waals surface area (Å²) in [6.07, 6.45) is 1.16. The van der Waals surface area contributed by atoms with E-state index in [1.54, 1.807) is 18.2 Å². The van der Waals surface area contributed by atoms with Crippen molar-refractivity contribution in [3.05, 3.63) is 64.8 Å². The normalized spacial score (nSPS) is 15.3. The molecule has 1 aliphatic carbocycles. The van der Waals surface area contributed by atoms with Crippen molar-refractivity contribution < 1.29 is 18.0 Å². The second kappa shape index (κ2) is 8.38. The molecule has 6 nitrogen and oxygen atoms in total. The molecule has 9 heteroatoms. The predicted molar refractivity (Wildman–Crippen MR) is 120 cm³/mol. The van der Waals surface area contributed by atoms with Gasteiger partial charge in [0.15, 0.2) is 0 Å². The first-order valence-electron chi connectivity index (χ1n) is 10.9. The van der Waals surface area contributed by atoms with Gasteiger partial charge in [0.2, 0.25) is 11.9 Å². The highest BCUT2D eigenvalue weighted by molar-refractivity contribution is 5.94. The second-order valence-corrected chi connectivity index (χ2v) is 8.27. The molecule has 0 unspecified atom stereocenters. The molecule has 3 aromatic rings. The zero-order valence-corrected chi connectivity index (χ0v) is 17.7. The molecule has 0 saturated heterocycles. The molecule has 0 spiro atoms. The first-order chi connectivity index (χ1) is 15.9. The predicted octanol–water partition coefficient (Wildman–Crippen LogP) is 5.75. The molecule has 3 N–H and O–H groups in total. The van der Waals surface area contributed by atoms with Crippen molar-refractivity contribution in [3.63, 3.8) is 0 Å². The van der Waals surface area contributed by atoms with E-state index in [2.05, 4.69) is 32.0 Å². The summed E-state index contributed by atoms with van der Waals surface area (Å²) in [6, 6.07) is 10.9. The molecule has 0 atom stereocenters. The third-order valence-corrected chi connectivity index (χ3v) is 6.00. The third-order valence-electron chi connectivity index (χ3n) is 6.00. The second-order valence-electron chi connectivity index (χ2n) is 8.27. The number of rotatable bonds is 4. The van der Waals surface area contributed by atoms with Crippen LogP contribution < -0.4 is 16.0 Å². The number of carbonyl (C=O) groups excluding carboxylic acids is 1. The van der Waals surface area contributed by atoms with Gasteiger partial charge in [-0.3, -0.25) is 4.79 Å². The smallest absolute Gasteiger partial charge is 0.340 e. The Bertz CT molecular complexity index is 1230. The maximum Gasteiger partial charge on any atom is 0.421 e. The Hall–Kier alpha value is -3.62. The number of fused-ring (bicyclic) bond motifs is 2. The highest BCUT2D eigenvalue weighted by Gasteiger charge is 2.35. The lowest BCUT2D eigenvalue weighted by Crippen LogP contribution is -2.19. The molecule has 2 aliphatic rings. The van der Waals surface area contributed by atoms with Gasteiger partial charge < -0.3 is 16.0 Å². The minimum absolute atomic E-state index is 0.0721. The van der Waals surface area contributed by atoms with Gasteiger partial charge >= 0.3 is 6.18 Å². The number of hydrogen-bond donors (Lipinski definition) is 3. The van der Waals surface area contributed by atoms with E-state index in [9.17, 15) is 18.0 Å². The van der Waals surface area contributed by atoms with Crippen LogP contribution >= 0.6 is 0 Å². The lowest BCUT2D eigenvalue weighted by molar-refractivity contribution is -0.137. The summed E-state index contributed by atoms with van der Waals surface area (Å²) in [5.74, 6) is -0.309. The highest BCUT2D eigenvalue weighted by Crippen LogP contribution is 2.37. The minimum atomic E-state index is -4.62. The van der Waals surface area contributed by atoms with Gasteiger partial charge in [-0.1, -0.05) is 12.1 Å². The average molecular weight is 453 g/mol. The molecule has 0 fully saturated rings. The molecule has 1 aromatic heterocycles. The largest absolute Gasteiger partial charge is 0.421 e. The van der Waals surface area contributed by atoms with Gasteiger partial charge in [0.1, 0.15) is 11.4 Å². The van der Waals surface area contributed by atoms with E-state index in [4.69, 9.17) is 0 Å². The summed E-state index contributed by atoms with van der Waals surface area (Å²) < 4.78 is 41.0. The molecular formula is C24H22F3N5O. The van der Waals surface area contributed by atoms with Gasteiger partial charge in [0, 0.05) is 29.7 Å². The number of nitrogens with one attached hydrogen (secondary N) is 3. The van der Waals surface area contributed by atoms with E-state index in [1.807, 2.05) is 12.1 Å². The highest BCUT2D eigenvalue weighted by atomic mass is 19.4. The lowest BCUT2D eigenvalue weighted by Gasteiger charge is -2.21. The number of nitrogens with zero attached hydrogens (tertiary/aromatic N) is 2. The standard InChI is InChI=1S/C24H22F3N5O/c25-24(26,27)18-13-28-23(31-20-7-3-5-14-4-1-2-6-17(14)20)32-22(18)29-16-9-10-19-15(12-16)8-11-21(33)30-19/h3,5,7,9-10,12-13H,1-2,4,6,8,11H2,(H,30,33)(H2,28,29,31,32). The van der Waals surface area contributed by atoms with Crippen LogP contribution in [0.1, 0.15) is 41.5 Å². The van der Waals surface area contributed by atoms with Crippen LogP contribution in [0.2, 0.25) is 0 Å². The average Bonchev–Trinajstić information content (AvgIpc) is 2.79. The van der Waals surface area contributed by atoms with Crippen LogP contribution in [-0.2, 0) is 30.2 Å². The number of anilines is 5. The van der Waals surface area contributed by atoms with Crippen molar-refractivity contribution >= 4 is 34.7 Å². The van der Waals surface area contributed by atoms with Crippen molar-refractivity contribution in [1.82, 2.24) is 9.97 Å². The molecule has 1 amide bonds. The van der Waals surface area contributed by atoms with Crippen molar-refractivity contribution in [2.24, 2.45) is 0 Å². The van der Waals surface area contributed by atoms with Gasteiger partial charge in [-0.25, -0.2) is 4.98 Å². The SMILES string of the molecule is O=C1CCc2cc(Nc3nc(Nc4cccc5c4CCCC5)ncc3C(F)(F)F)ccc2N1. The van der Waals surface area contributed by atoms with E-state index >= 15 is 0 Å². The van der Waals surface area contributed by atoms with Crippen LogP contribution in [0.15, 0.2) is 42.6 Å². The topological polar surface area (TPSA) is 78.9 Å². The fourth-order valence-corrected chi connectivity index (χ4v) is 4.36. The van der Waals surface area contributed by atoms with Crippen molar-refractivity contribution in [1.29, 1.82) is 0 Å². The van der Waals surface area contributed by atoms with Gasteiger partial charge in [-0.2, -0.15) is 18.2 Å². The number of carbonyl (C=O) groups is 1. The summed E-state index contributed by atoms with van der Waals surface area (Å²) in [5.41, 5.74) is 4.27. The van der Waals surface area contributed by atoms with Crippen LogP contribution in [0, 0.1) is 0 Å². The Kier molecular flexibility index (Phi) is 5.39. The van der Waals surface area contributed by atoms with Crippen LogP contribution in [0.5, 0.6) is 0 Å². The van der Waals surface area contributed by atoms with Gasteiger partial charge in [0.25, 0.3) is 0 Å². The molecule has 0 saturated carbocycles. The van der Waals surface area contributed by atoms with E-state index in [1.165, 1.54) is 11.1 Å². The van der Waals surface area contributed by atoms with Crippen LogP contribution in [-0.4, -0.2) is 15.9 Å². The fourth-order valence-electron chi connectivity index (χ4n) is 4.36. The van der Waals surface area contributed by atoms with Crippen LogP contribution in [0.3, 0.4) is 0 Å². The van der Waals surface area contributed by atoms with E-state index < -0.39 is 11.7 Å². The summed E-state index contributed by atoms with van der Waals surface area (Å²) in [5, 5.41) is 8.69. The molecule has 33 heavy (non-hydrogen) atoms. The first-order valence-corrected chi connectivity index (χ1v) is 10.9. The van der Waals surface area contributed by atoms with E-state index in [0.29, 0.717) is 24.2 Å². The molecule has 2 heterocycles. The Morgan fingerprint density at radius 1 is 0.939 bits per heavy atom. The van der Waals surface area contributed by atoms with E-state index in [0.717, 1.165) is 43.1 Å². The maximum absolute atomic E-state index is 13.7. The van der Waals surface area contributed by atoms with Crippen molar-refractivity contribution in [2.75, 3.05) is 16.0 Å². The van der Waals surface area contributed by atoms with Gasteiger partial charge in [-0.15, -0.1) is 0 Å². The fraction of sp³-hybridized carbons (Fsp3) is 0.292. The number of aromatic nitrogens is 2. The number of amides is 1. The van der Waals surface area contributed by atoms with Gasteiger partial charge in [0.05, 0.1) is 0 Å². The Labute approximate surface area is 188 Å². The monoisotopic (exact) mass is 453 g/mol. The number of hydrogen-bond acceptors (Lipinski definition) is 5. The summed E-state index contributed by atoms with van der Waals surface area (Å²) in [7, 11) is 0. The Morgan fingerprint density at radius 2 is 1.79 bits per heavy atom.